The molecular formula is C14H14O5. The zero-order valence-corrected chi connectivity index (χ0v) is 10.3. The third kappa shape index (κ3) is 1.77. The van der Waals surface area contributed by atoms with Gasteiger partial charge in [-0.1, -0.05) is 6.07 Å². The second-order valence-corrected chi connectivity index (χ2v) is 5.23. The highest BCUT2D eigenvalue weighted by Gasteiger charge is 2.48. The number of carboxylic acid groups (broad SMARTS) is 1. The number of carbonyl (C=O) groups is 2. The maximum absolute atomic E-state index is 11.9. The molecule has 1 saturated carbocycles. The van der Waals surface area contributed by atoms with Gasteiger partial charge in [0.1, 0.15) is 11.4 Å². The minimum Gasteiger partial charge on any atom is -0.508 e. The summed E-state index contributed by atoms with van der Waals surface area (Å²) < 4.78 is 5.50. The largest absolute Gasteiger partial charge is 0.508 e. The Morgan fingerprint density at radius 1 is 1.32 bits per heavy atom. The lowest BCUT2D eigenvalue weighted by Gasteiger charge is -2.35. The molecule has 1 heterocycles. The molecule has 5 nitrogen and oxygen atoms in total. The standard InChI is InChI=1S/C14H14O5/c15-9-1-2-11-10(7-9)13(18)19-14(11)5-3-8(4-6-14)12(16)17/h1-2,7-8,15H,3-6H2,(H,16,17)/t8-,14-. The van der Waals surface area contributed by atoms with Crippen LogP contribution in [0.3, 0.4) is 0 Å². The molecule has 1 aromatic rings. The molecule has 0 amide bonds. The van der Waals surface area contributed by atoms with E-state index in [2.05, 4.69) is 0 Å². The fourth-order valence-electron chi connectivity index (χ4n) is 3.09. The zero-order valence-electron chi connectivity index (χ0n) is 10.3. The lowest BCUT2D eigenvalue weighted by atomic mass is 9.75. The fourth-order valence-corrected chi connectivity index (χ4v) is 3.09. The van der Waals surface area contributed by atoms with Crippen LogP contribution in [-0.4, -0.2) is 22.2 Å². The summed E-state index contributed by atoms with van der Waals surface area (Å²) in [6.07, 6.45) is 2.05. The van der Waals surface area contributed by atoms with Crippen molar-refractivity contribution in [3.05, 3.63) is 29.3 Å². The van der Waals surface area contributed by atoms with Gasteiger partial charge in [-0.25, -0.2) is 4.79 Å². The van der Waals surface area contributed by atoms with Crippen molar-refractivity contribution in [2.75, 3.05) is 0 Å². The average Bonchev–Trinajstić information content (AvgIpc) is 2.63. The molecule has 0 aromatic heterocycles. The number of phenols is 1. The number of aliphatic carboxylic acids is 1. The minimum absolute atomic E-state index is 0.0342. The first-order valence-corrected chi connectivity index (χ1v) is 6.31. The van der Waals surface area contributed by atoms with Crippen molar-refractivity contribution in [1.29, 1.82) is 0 Å². The average molecular weight is 262 g/mol. The van der Waals surface area contributed by atoms with Crippen LogP contribution >= 0.6 is 0 Å². The van der Waals surface area contributed by atoms with Gasteiger partial charge in [-0.05, 0) is 37.8 Å². The Bertz CT molecular complexity index is 555. The molecular weight excluding hydrogens is 248 g/mol. The first-order valence-electron chi connectivity index (χ1n) is 6.31. The van der Waals surface area contributed by atoms with E-state index < -0.39 is 17.5 Å². The maximum Gasteiger partial charge on any atom is 0.339 e. The highest BCUT2D eigenvalue weighted by molar-refractivity contribution is 5.95. The lowest BCUT2D eigenvalue weighted by molar-refractivity contribution is -0.144. The van der Waals surface area contributed by atoms with Crippen LogP contribution in [0.25, 0.3) is 0 Å². The maximum atomic E-state index is 11.9. The van der Waals surface area contributed by atoms with Crippen LogP contribution < -0.4 is 0 Å². The number of ether oxygens (including phenoxy) is 1. The molecule has 100 valence electrons. The van der Waals surface area contributed by atoms with Crippen LogP contribution in [0.5, 0.6) is 5.75 Å². The van der Waals surface area contributed by atoms with Crippen LogP contribution in [-0.2, 0) is 15.1 Å². The molecule has 0 atom stereocenters. The third-order valence-electron chi connectivity index (χ3n) is 4.14. The van der Waals surface area contributed by atoms with Gasteiger partial charge in [0.15, 0.2) is 0 Å². The van der Waals surface area contributed by atoms with Crippen molar-refractivity contribution >= 4 is 11.9 Å². The number of rotatable bonds is 1. The summed E-state index contributed by atoms with van der Waals surface area (Å²) in [5.41, 5.74) is 0.486. The number of benzene rings is 1. The molecule has 19 heavy (non-hydrogen) atoms. The van der Waals surface area contributed by atoms with Gasteiger partial charge >= 0.3 is 11.9 Å². The van der Waals surface area contributed by atoms with Gasteiger partial charge in [0, 0.05) is 5.56 Å². The Balaban J connectivity index is 1.93. The molecule has 1 aliphatic heterocycles. The highest BCUT2D eigenvalue weighted by atomic mass is 16.6. The molecule has 1 aliphatic carbocycles. The molecule has 3 rings (SSSR count). The van der Waals surface area contributed by atoms with E-state index in [0.29, 0.717) is 31.2 Å². The molecule has 1 spiro atoms. The quantitative estimate of drug-likeness (QED) is 0.756. The summed E-state index contributed by atoms with van der Waals surface area (Å²) in [4.78, 5) is 22.8. The molecule has 1 fully saturated rings. The van der Waals surface area contributed by atoms with Crippen LogP contribution in [0.2, 0.25) is 0 Å². The van der Waals surface area contributed by atoms with E-state index >= 15 is 0 Å². The SMILES string of the molecule is O=C1O[C@]2(CC[C@H](C(=O)O)CC2)c2ccc(O)cc21. The molecule has 0 saturated heterocycles. The first kappa shape index (κ1) is 12.0. The number of phenolic OH excluding ortho intramolecular Hbond substituents is 1. The van der Waals surface area contributed by atoms with E-state index in [1.54, 1.807) is 6.07 Å². The third-order valence-corrected chi connectivity index (χ3v) is 4.14. The Morgan fingerprint density at radius 3 is 2.63 bits per heavy atom. The number of hydrogen-bond donors (Lipinski definition) is 2. The predicted molar refractivity (Wildman–Crippen MR) is 64.8 cm³/mol. The van der Waals surface area contributed by atoms with E-state index in [0.717, 1.165) is 5.56 Å². The summed E-state index contributed by atoms with van der Waals surface area (Å²) in [6.45, 7) is 0. The number of carbonyl (C=O) groups excluding carboxylic acids is 1. The zero-order chi connectivity index (χ0) is 13.6. The van der Waals surface area contributed by atoms with Gasteiger partial charge in [0.05, 0.1) is 11.5 Å². The summed E-state index contributed by atoms with van der Waals surface area (Å²) in [6, 6.07) is 4.65. The van der Waals surface area contributed by atoms with Crippen molar-refractivity contribution in [2.24, 2.45) is 5.92 Å². The molecule has 0 bridgehead atoms. The highest BCUT2D eigenvalue weighted by Crippen LogP contribution is 2.48. The number of hydrogen-bond acceptors (Lipinski definition) is 4. The summed E-state index contributed by atoms with van der Waals surface area (Å²) in [7, 11) is 0. The molecule has 2 N–H and O–H groups in total. The van der Waals surface area contributed by atoms with E-state index in [9.17, 15) is 14.7 Å². The smallest absolute Gasteiger partial charge is 0.339 e. The second kappa shape index (κ2) is 3.98. The number of carboxylic acids is 1. The van der Waals surface area contributed by atoms with E-state index in [1.165, 1.54) is 12.1 Å². The van der Waals surface area contributed by atoms with Crippen LogP contribution in [0.1, 0.15) is 41.6 Å². The van der Waals surface area contributed by atoms with Gasteiger partial charge in [0.2, 0.25) is 0 Å². The van der Waals surface area contributed by atoms with Crippen molar-refractivity contribution in [2.45, 2.75) is 31.3 Å². The molecule has 1 aromatic carbocycles. The summed E-state index contributed by atoms with van der Waals surface area (Å²) in [5, 5.41) is 18.4. The fraction of sp³-hybridized carbons (Fsp3) is 0.429. The van der Waals surface area contributed by atoms with Crippen LogP contribution in [0.15, 0.2) is 18.2 Å². The Morgan fingerprint density at radius 2 is 2.00 bits per heavy atom. The van der Waals surface area contributed by atoms with Gasteiger partial charge in [-0.15, -0.1) is 0 Å². The van der Waals surface area contributed by atoms with Crippen LogP contribution in [0, 0.1) is 5.92 Å². The predicted octanol–water partition coefficient (Wildman–Crippen LogP) is 2.03. The number of esters is 1. The van der Waals surface area contributed by atoms with Crippen LogP contribution in [0.4, 0.5) is 0 Å². The molecule has 2 aliphatic rings. The molecule has 0 unspecified atom stereocenters. The number of fused-ring (bicyclic) bond motifs is 2. The summed E-state index contributed by atoms with van der Waals surface area (Å²) >= 11 is 0. The minimum atomic E-state index is -0.787. The van der Waals surface area contributed by atoms with Crippen molar-refractivity contribution in [3.63, 3.8) is 0 Å². The van der Waals surface area contributed by atoms with Gasteiger partial charge in [-0.2, -0.15) is 0 Å². The lowest BCUT2D eigenvalue weighted by Crippen LogP contribution is -2.34. The van der Waals surface area contributed by atoms with Gasteiger partial charge in [0.25, 0.3) is 0 Å². The normalized spacial score (nSPS) is 29.1. The van der Waals surface area contributed by atoms with Crippen molar-refractivity contribution in [1.82, 2.24) is 0 Å². The molecule has 0 radical (unpaired) electrons. The van der Waals surface area contributed by atoms with E-state index in [1.807, 2.05) is 0 Å². The van der Waals surface area contributed by atoms with Gasteiger partial charge in [-0.3, -0.25) is 4.79 Å². The topological polar surface area (TPSA) is 83.8 Å². The Hall–Kier alpha value is -2.04. The number of aromatic hydroxyl groups is 1. The second-order valence-electron chi connectivity index (χ2n) is 5.23. The molecule has 5 heteroatoms. The van der Waals surface area contributed by atoms with E-state index in [-0.39, 0.29) is 11.7 Å². The van der Waals surface area contributed by atoms with E-state index in [4.69, 9.17) is 9.84 Å². The monoisotopic (exact) mass is 262 g/mol. The first-order chi connectivity index (χ1) is 9.02. The van der Waals surface area contributed by atoms with Gasteiger partial charge < -0.3 is 14.9 Å². The van der Waals surface area contributed by atoms with Crippen molar-refractivity contribution in [3.8, 4) is 5.75 Å². The summed E-state index contributed by atoms with van der Waals surface area (Å²) in [5.74, 6) is -1.54. The Labute approximate surface area is 109 Å². The van der Waals surface area contributed by atoms with Crippen molar-refractivity contribution < 1.29 is 24.5 Å². The Kier molecular flexibility index (Phi) is 2.52.